The van der Waals surface area contributed by atoms with Crippen molar-refractivity contribution in [1.29, 1.82) is 5.26 Å². The Bertz CT molecular complexity index is 447. The van der Waals surface area contributed by atoms with Crippen LogP contribution < -0.4 is 4.74 Å². The zero-order valence-electron chi connectivity index (χ0n) is 11.5. The Labute approximate surface area is 115 Å². The van der Waals surface area contributed by atoms with Crippen LogP contribution in [0.1, 0.15) is 38.2 Å². The number of rotatable bonds is 4. The average molecular weight is 255 g/mol. The van der Waals surface area contributed by atoms with E-state index >= 15 is 0 Å². The third kappa shape index (κ3) is 4.44. The van der Waals surface area contributed by atoms with Crippen LogP contribution in [0.25, 0.3) is 0 Å². The Hall–Kier alpha value is -1.75. The summed E-state index contributed by atoms with van der Waals surface area (Å²) < 4.78 is 5.62. The second-order valence-corrected chi connectivity index (χ2v) is 5.40. The van der Waals surface area contributed by atoms with E-state index in [-0.39, 0.29) is 0 Å². The molecule has 0 unspecified atom stereocenters. The molecule has 0 N–H and O–H groups in total. The minimum atomic E-state index is 0.609. The second kappa shape index (κ2) is 6.99. The van der Waals surface area contributed by atoms with Crippen LogP contribution in [-0.4, -0.2) is 6.61 Å². The summed E-state index contributed by atoms with van der Waals surface area (Å²) in [6, 6.07) is 9.34. The zero-order valence-corrected chi connectivity index (χ0v) is 11.5. The van der Waals surface area contributed by atoms with E-state index in [0.717, 1.165) is 17.6 Å². The maximum Gasteiger partial charge on any atom is 0.119 e. The third-order valence-electron chi connectivity index (χ3n) is 3.80. The molecule has 19 heavy (non-hydrogen) atoms. The fraction of sp³-hybridized carbons (Fsp3) is 0.471. The van der Waals surface area contributed by atoms with Crippen LogP contribution in [-0.2, 0) is 0 Å². The van der Waals surface area contributed by atoms with Gasteiger partial charge in [-0.2, -0.15) is 5.26 Å². The Morgan fingerprint density at radius 2 is 1.89 bits per heavy atom. The molecule has 1 aromatic carbocycles. The molecular weight excluding hydrogens is 234 g/mol. The van der Waals surface area contributed by atoms with Gasteiger partial charge in [-0.1, -0.05) is 31.9 Å². The molecule has 1 aliphatic rings. The van der Waals surface area contributed by atoms with Gasteiger partial charge in [0.05, 0.1) is 11.6 Å². The molecule has 1 fully saturated rings. The van der Waals surface area contributed by atoms with Gasteiger partial charge in [-0.25, -0.2) is 0 Å². The summed E-state index contributed by atoms with van der Waals surface area (Å²) >= 11 is 0. The highest BCUT2D eigenvalue weighted by Crippen LogP contribution is 2.28. The number of nitrogens with zero attached hydrogens (tertiary/aromatic N) is 1. The first-order valence-corrected chi connectivity index (χ1v) is 7.07. The van der Waals surface area contributed by atoms with Gasteiger partial charge >= 0.3 is 0 Å². The molecular formula is C17H21NO. The molecule has 2 nitrogen and oxygen atoms in total. The summed E-state index contributed by atoms with van der Waals surface area (Å²) in [4.78, 5) is 0. The monoisotopic (exact) mass is 255 g/mol. The minimum Gasteiger partial charge on any atom is -0.490 e. The van der Waals surface area contributed by atoms with Gasteiger partial charge in [-0.3, -0.25) is 0 Å². The summed E-state index contributed by atoms with van der Waals surface area (Å²) in [7, 11) is 0. The standard InChI is InChI=1S/C17H21NO/c1-14-4-6-15(7-5-14)3-2-12-19-17-10-8-16(13-18)9-11-17/h2-3,8-11,14-15H,4-7,12H2,1H3. The number of hydrogen-bond donors (Lipinski definition) is 0. The van der Waals surface area contributed by atoms with E-state index in [1.165, 1.54) is 25.7 Å². The summed E-state index contributed by atoms with van der Waals surface area (Å²) in [6.45, 7) is 2.95. The Kier molecular flexibility index (Phi) is 5.03. The van der Waals surface area contributed by atoms with Crippen LogP contribution in [0.3, 0.4) is 0 Å². The SMILES string of the molecule is CC1CCC(C=CCOc2ccc(C#N)cc2)CC1. The topological polar surface area (TPSA) is 33.0 Å². The molecule has 100 valence electrons. The molecule has 1 aromatic rings. The maximum absolute atomic E-state index is 8.70. The van der Waals surface area contributed by atoms with Crippen molar-refractivity contribution in [3.05, 3.63) is 42.0 Å². The van der Waals surface area contributed by atoms with Crippen LogP contribution in [0.4, 0.5) is 0 Å². The molecule has 0 saturated heterocycles. The maximum atomic E-state index is 8.70. The first kappa shape index (κ1) is 13.7. The first-order chi connectivity index (χ1) is 9.28. The van der Waals surface area contributed by atoms with Crippen molar-refractivity contribution in [2.75, 3.05) is 6.61 Å². The molecule has 0 radical (unpaired) electrons. The molecule has 2 heteroatoms. The highest BCUT2D eigenvalue weighted by Gasteiger charge is 2.15. The van der Waals surface area contributed by atoms with E-state index < -0.39 is 0 Å². The van der Waals surface area contributed by atoms with Crippen LogP contribution in [0.2, 0.25) is 0 Å². The van der Waals surface area contributed by atoms with Gasteiger partial charge in [-0.15, -0.1) is 0 Å². The van der Waals surface area contributed by atoms with Crippen molar-refractivity contribution in [3.63, 3.8) is 0 Å². The molecule has 0 aliphatic heterocycles. The Balaban J connectivity index is 1.72. The lowest BCUT2D eigenvalue weighted by Gasteiger charge is -2.23. The van der Waals surface area contributed by atoms with Crippen molar-refractivity contribution < 1.29 is 4.74 Å². The predicted molar refractivity (Wildman–Crippen MR) is 76.9 cm³/mol. The van der Waals surface area contributed by atoms with E-state index in [1.807, 2.05) is 12.1 Å². The number of benzene rings is 1. The van der Waals surface area contributed by atoms with Crippen molar-refractivity contribution in [3.8, 4) is 11.8 Å². The molecule has 2 rings (SSSR count). The fourth-order valence-corrected chi connectivity index (χ4v) is 2.50. The van der Waals surface area contributed by atoms with Crippen molar-refractivity contribution in [2.24, 2.45) is 11.8 Å². The molecule has 0 bridgehead atoms. The minimum absolute atomic E-state index is 0.609. The number of allylic oxidation sites excluding steroid dienone is 1. The first-order valence-electron chi connectivity index (χ1n) is 7.07. The molecule has 1 saturated carbocycles. The van der Waals surface area contributed by atoms with E-state index in [1.54, 1.807) is 12.1 Å². The van der Waals surface area contributed by atoms with Crippen LogP contribution in [0.5, 0.6) is 5.75 Å². The van der Waals surface area contributed by atoms with Crippen LogP contribution in [0, 0.1) is 23.2 Å². The summed E-state index contributed by atoms with van der Waals surface area (Å²) in [6.07, 6.45) is 9.76. The highest BCUT2D eigenvalue weighted by atomic mass is 16.5. The highest BCUT2D eigenvalue weighted by molar-refractivity contribution is 5.34. The zero-order chi connectivity index (χ0) is 13.5. The number of ether oxygens (including phenoxy) is 1. The molecule has 1 aliphatic carbocycles. The lowest BCUT2D eigenvalue weighted by molar-refractivity contribution is 0.326. The van der Waals surface area contributed by atoms with Crippen molar-refractivity contribution in [2.45, 2.75) is 32.6 Å². The Morgan fingerprint density at radius 1 is 1.21 bits per heavy atom. The molecule has 0 aromatic heterocycles. The average Bonchev–Trinajstić information content (AvgIpc) is 2.46. The summed E-state index contributed by atoms with van der Waals surface area (Å²) in [5.74, 6) is 2.46. The Morgan fingerprint density at radius 3 is 2.53 bits per heavy atom. The van der Waals surface area contributed by atoms with E-state index in [9.17, 15) is 0 Å². The van der Waals surface area contributed by atoms with Crippen molar-refractivity contribution in [1.82, 2.24) is 0 Å². The van der Waals surface area contributed by atoms with Crippen LogP contribution >= 0.6 is 0 Å². The van der Waals surface area contributed by atoms with Gasteiger partial charge < -0.3 is 4.74 Å². The lowest BCUT2D eigenvalue weighted by atomic mass is 9.83. The van der Waals surface area contributed by atoms with E-state index in [2.05, 4.69) is 25.1 Å². The number of nitriles is 1. The molecule has 0 atom stereocenters. The summed E-state index contributed by atoms with van der Waals surface area (Å²) in [5.41, 5.74) is 0.666. The van der Waals surface area contributed by atoms with Gasteiger partial charge in [0, 0.05) is 0 Å². The predicted octanol–water partition coefficient (Wildman–Crippen LogP) is 4.32. The largest absolute Gasteiger partial charge is 0.490 e. The van der Waals surface area contributed by atoms with Gasteiger partial charge in [-0.05, 0) is 48.9 Å². The molecule has 0 spiro atoms. The fourth-order valence-electron chi connectivity index (χ4n) is 2.50. The van der Waals surface area contributed by atoms with Crippen LogP contribution in [0.15, 0.2) is 36.4 Å². The normalized spacial score (nSPS) is 23.2. The van der Waals surface area contributed by atoms with Crippen molar-refractivity contribution >= 4 is 0 Å². The van der Waals surface area contributed by atoms with Gasteiger partial charge in [0.2, 0.25) is 0 Å². The van der Waals surface area contributed by atoms with Gasteiger partial charge in [0.25, 0.3) is 0 Å². The number of hydrogen-bond acceptors (Lipinski definition) is 2. The van der Waals surface area contributed by atoms with Gasteiger partial charge in [0.15, 0.2) is 0 Å². The quantitative estimate of drug-likeness (QED) is 0.751. The van der Waals surface area contributed by atoms with E-state index in [0.29, 0.717) is 12.2 Å². The summed E-state index contributed by atoms with van der Waals surface area (Å²) in [5, 5.41) is 8.70. The second-order valence-electron chi connectivity index (χ2n) is 5.40. The van der Waals surface area contributed by atoms with E-state index in [4.69, 9.17) is 10.00 Å². The third-order valence-corrected chi connectivity index (χ3v) is 3.80. The van der Waals surface area contributed by atoms with Gasteiger partial charge in [0.1, 0.15) is 12.4 Å². The smallest absolute Gasteiger partial charge is 0.119 e. The lowest BCUT2D eigenvalue weighted by Crippen LogP contribution is -2.10. The molecule has 0 heterocycles. The molecule has 0 amide bonds.